The van der Waals surface area contributed by atoms with Crippen LogP contribution in [0.4, 0.5) is 0 Å². The number of esters is 2. The molecule has 134 valence electrons. The first-order chi connectivity index (χ1) is 12.4. The predicted molar refractivity (Wildman–Crippen MR) is 101 cm³/mol. The van der Waals surface area contributed by atoms with Gasteiger partial charge in [0, 0.05) is 33.0 Å². The average Bonchev–Trinajstić information content (AvgIpc) is 2.63. The normalized spacial score (nSPS) is 13.0. The van der Waals surface area contributed by atoms with Gasteiger partial charge in [0.15, 0.2) is 0 Å². The van der Waals surface area contributed by atoms with E-state index in [0.29, 0.717) is 22.6 Å². The van der Waals surface area contributed by atoms with Crippen molar-refractivity contribution in [2.24, 2.45) is 0 Å². The van der Waals surface area contributed by atoms with Crippen LogP contribution in [0.2, 0.25) is 0 Å². The number of benzene rings is 2. The summed E-state index contributed by atoms with van der Waals surface area (Å²) in [6.07, 6.45) is 3.54. The Morgan fingerprint density at radius 2 is 1.19 bits per heavy atom. The summed E-state index contributed by atoms with van der Waals surface area (Å²) in [7, 11) is 0. The number of carbonyl (C=O) groups is 2. The highest BCUT2D eigenvalue weighted by Gasteiger charge is 2.26. The molecule has 26 heavy (non-hydrogen) atoms. The van der Waals surface area contributed by atoms with Gasteiger partial charge in [0.2, 0.25) is 0 Å². The lowest BCUT2D eigenvalue weighted by atomic mass is 9.87. The maximum atomic E-state index is 12.2. The highest BCUT2D eigenvalue weighted by atomic mass is 16.5. The molecule has 1 aliphatic rings. The summed E-state index contributed by atoms with van der Waals surface area (Å²) < 4.78 is 11.4. The van der Waals surface area contributed by atoms with Crippen LogP contribution in [0.1, 0.15) is 37.8 Å². The van der Waals surface area contributed by atoms with Gasteiger partial charge >= 0.3 is 11.9 Å². The van der Waals surface area contributed by atoms with Crippen molar-refractivity contribution in [2.45, 2.75) is 39.5 Å². The van der Waals surface area contributed by atoms with Crippen LogP contribution in [0.15, 0.2) is 48.6 Å². The highest BCUT2D eigenvalue weighted by molar-refractivity contribution is 6.01. The first kappa shape index (κ1) is 17.9. The minimum absolute atomic E-state index is 0.344. The summed E-state index contributed by atoms with van der Waals surface area (Å²) >= 11 is 0. The van der Waals surface area contributed by atoms with E-state index in [9.17, 15) is 9.59 Å². The second-order valence-corrected chi connectivity index (χ2v) is 6.71. The van der Waals surface area contributed by atoms with E-state index in [2.05, 4.69) is 13.2 Å². The van der Waals surface area contributed by atoms with Gasteiger partial charge in [0.25, 0.3) is 0 Å². The van der Waals surface area contributed by atoms with Gasteiger partial charge in [-0.05, 0) is 39.5 Å². The molecule has 0 radical (unpaired) electrons. The van der Waals surface area contributed by atoms with Crippen molar-refractivity contribution in [1.82, 2.24) is 0 Å². The van der Waals surface area contributed by atoms with Crippen LogP contribution in [0.25, 0.3) is 10.8 Å². The maximum absolute atomic E-state index is 12.2. The highest BCUT2D eigenvalue weighted by Crippen LogP contribution is 2.44. The Hall–Kier alpha value is -2.88. The first-order valence-corrected chi connectivity index (χ1v) is 8.72. The van der Waals surface area contributed by atoms with Crippen LogP contribution < -0.4 is 9.47 Å². The van der Waals surface area contributed by atoms with Gasteiger partial charge in [0.1, 0.15) is 11.5 Å². The Morgan fingerprint density at radius 3 is 1.54 bits per heavy atom. The van der Waals surface area contributed by atoms with Crippen molar-refractivity contribution < 1.29 is 19.1 Å². The molecule has 3 rings (SSSR count). The molecule has 0 aliphatic heterocycles. The minimum Gasteiger partial charge on any atom is -0.422 e. The average molecular weight is 350 g/mol. The molecule has 0 unspecified atom stereocenters. The van der Waals surface area contributed by atoms with E-state index in [-0.39, 0.29) is 0 Å². The number of fused-ring (bicyclic) bond motifs is 2. The van der Waals surface area contributed by atoms with Gasteiger partial charge in [-0.2, -0.15) is 0 Å². The van der Waals surface area contributed by atoms with E-state index in [0.717, 1.165) is 47.6 Å². The zero-order valence-electron chi connectivity index (χ0n) is 15.2. The molecule has 0 atom stereocenters. The maximum Gasteiger partial charge on any atom is 0.338 e. The van der Waals surface area contributed by atoms with Crippen molar-refractivity contribution in [1.29, 1.82) is 0 Å². The van der Waals surface area contributed by atoms with Crippen LogP contribution in [0.3, 0.4) is 0 Å². The van der Waals surface area contributed by atoms with Crippen molar-refractivity contribution in [3.8, 4) is 11.5 Å². The van der Waals surface area contributed by atoms with Crippen molar-refractivity contribution in [3.05, 3.63) is 59.7 Å². The monoisotopic (exact) mass is 350 g/mol. The third-order valence-corrected chi connectivity index (χ3v) is 4.52. The molecule has 0 bridgehead atoms. The van der Waals surface area contributed by atoms with Gasteiger partial charge in [-0.1, -0.05) is 37.4 Å². The van der Waals surface area contributed by atoms with E-state index in [1.165, 1.54) is 0 Å². The molecule has 0 fully saturated rings. The lowest BCUT2D eigenvalue weighted by Gasteiger charge is -2.24. The smallest absolute Gasteiger partial charge is 0.338 e. The van der Waals surface area contributed by atoms with Crippen molar-refractivity contribution in [2.75, 3.05) is 0 Å². The van der Waals surface area contributed by atoms with Gasteiger partial charge in [0.05, 0.1) is 0 Å². The lowest BCUT2D eigenvalue weighted by molar-refractivity contribution is -0.131. The molecule has 0 aromatic heterocycles. The Kier molecular flexibility index (Phi) is 4.94. The van der Waals surface area contributed by atoms with E-state index in [1.807, 2.05) is 24.3 Å². The minimum atomic E-state index is -0.449. The van der Waals surface area contributed by atoms with Crippen LogP contribution in [0, 0.1) is 0 Å². The molecule has 0 spiro atoms. The van der Waals surface area contributed by atoms with Gasteiger partial charge in [-0.25, -0.2) is 9.59 Å². The number of rotatable bonds is 4. The van der Waals surface area contributed by atoms with Crippen LogP contribution in [-0.2, 0) is 22.4 Å². The van der Waals surface area contributed by atoms with E-state index >= 15 is 0 Å². The topological polar surface area (TPSA) is 52.6 Å². The molecule has 4 heteroatoms. The molecule has 0 amide bonds. The van der Waals surface area contributed by atoms with Gasteiger partial charge in [-0.3, -0.25) is 0 Å². The summed E-state index contributed by atoms with van der Waals surface area (Å²) in [5.41, 5.74) is 2.57. The summed E-state index contributed by atoms with van der Waals surface area (Å²) in [6, 6.07) is 7.51. The summed E-state index contributed by atoms with van der Waals surface area (Å²) in [5.74, 6) is 0.209. The SMILES string of the molecule is C=C(C)C(=O)Oc1c2c(c(OC(=O)C(=C)C)c3ccccc13)CCCC2. The molecule has 0 N–H and O–H groups in total. The zero-order chi connectivity index (χ0) is 18.8. The largest absolute Gasteiger partial charge is 0.422 e. The van der Waals surface area contributed by atoms with E-state index in [1.54, 1.807) is 13.8 Å². The number of hydrogen-bond donors (Lipinski definition) is 0. The quantitative estimate of drug-likeness (QED) is 0.456. The lowest BCUT2D eigenvalue weighted by Crippen LogP contribution is -2.16. The predicted octanol–water partition coefficient (Wildman–Crippen LogP) is 4.68. The molecule has 0 saturated heterocycles. The Bertz CT molecular complexity index is 860. The summed E-state index contributed by atoms with van der Waals surface area (Å²) in [6.45, 7) is 10.6. The number of ether oxygens (including phenoxy) is 2. The molecule has 4 nitrogen and oxygen atoms in total. The fraction of sp³-hybridized carbons (Fsp3) is 0.273. The van der Waals surface area contributed by atoms with Crippen molar-refractivity contribution in [3.63, 3.8) is 0 Å². The van der Waals surface area contributed by atoms with Gasteiger partial charge < -0.3 is 9.47 Å². The van der Waals surface area contributed by atoms with E-state index < -0.39 is 11.9 Å². The Balaban J connectivity index is 2.26. The van der Waals surface area contributed by atoms with Gasteiger partial charge in [-0.15, -0.1) is 0 Å². The zero-order valence-corrected chi connectivity index (χ0v) is 15.2. The fourth-order valence-electron chi connectivity index (χ4n) is 3.20. The first-order valence-electron chi connectivity index (χ1n) is 8.72. The molecule has 0 heterocycles. The van der Waals surface area contributed by atoms with Crippen LogP contribution >= 0.6 is 0 Å². The molecule has 0 saturated carbocycles. The Labute approximate surface area is 153 Å². The Morgan fingerprint density at radius 1 is 0.808 bits per heavy atom. The summed E-state index contributed by atoms with van der Waals surface area (Å²) in [5, 5.41) is 1.51. The third-order valence-electron chi connectivity index (χ3n) is 4.52. The standard InChI is InChI=1S/C22H22O4/c1-13(2)21(23)25-19-15-9-5-7-11-17(15)20(26-22(24)14(3)4)18-12-8-6-10-16(18)19/h5,7,9,11H,1,3,6,8,10,12H2,2,4H3. The molecule has 2 aromatic rings. The van der Waals surface area contributed by atoms with Crippen molar-refractivity contribution >= 4 is 22.7 Å². The molecular formula is C22H22O4. The second kappa shape index (κ2) is 7.16. The van der Waals surface area contributed by atoms with Crippen LogP contribution in [0.5, 0.6) is 11.5 Å². The molecule has 1 aliphatic carbocycles. The fourth-order valence-corrected chi connectivity index (χ4v) is 3.20. The number of carbonyl (C=O) groups excluding carboxylic acids is 2. The van der Waals surface area contributed by atoms with E-state index in [4.69, 9.17) is 9.47 Å². The number of hydrogen-bond acceptors (Lipinski definition) is 4. The molecule has 2 aromatic carbocycles. The van der Waals surface area contributed by atoms with Crippen LogP contribution in [-0.4, -0.2) is 11.9 Å². The summed E-state index contributed by atoms with van der Waals surface area (Å²) in [4.78, 5) is 24.3. The molecular weight excluding hydrogens is 328 g/mol. The third kappa shape index (κ3) is 3.27. The second-order valence-electron chi connectivity index (χ2n) is 6.71.